The summed E-state index contributed by atoms with van der Waals surface area (Å²) in [6, 6.07) is 10.0. The third kappa shape index (κ3) is 15.4. The fourth-order valence-electron chi connectivity index (χ4n) is 5.76. The molecule has 350 valence electrons. The number of methoxy groups -OCH3 is 2. The van der Waals surface area contributed by atoms with Crippen LogP contribution in [-0.4, -0.2) is 136 Å². The van der Waals surface area contributed by atoms with Crippen LogP contribution in [0.2, 0.25) is 0 Å². The average molecular weight is 909 g/mol. The number of H-pyrrole nitrogens is 1. The Morgan fingerprint density at radius 1 is 0.923 bits per heavy atom. The Bertz CT molecular complexity index is 2350. The van der Waals surface area contributed by atoms with E-state index in [1.807, 2.05) is 0 Å². The molecule has 7 N–H and O–H groups in total. The van der Waals surface area contributed by atoms with Crippen LogP contribution in [0, 0.1) is 17.3 Å². The molecule has 0 bridgehead atoms. The van der Waals surface area contributed by atoms with Gasteiger partial charge in [0.25, 0.3) is 17.4 Å². The lowest BCUT2D eigenvalue weighted by Crippen LogP contribution is -2.35. The summed E-state index contributed by atoms with van der Waals surface area (Å²) in [5, 5.41) is 17.5. The Kier molecular flexibility index (Phi) is 18.9. The number of ether oxygens (including phenoxy) is 7. The van der Waals surface area contributed by atoms with E-state index in [1.54, 1.807) is 39.0 Å². The molecule has 1 aliphatic rings. The second kappa shape index (κ2) is 24.2. The second-order valence-electron chi connectivity index (χ2n) is 15.1. The number of aromatic nitrogens is 2. The van der Waals surface area contributed by atoms with Crippen molar-refractivity contribution in [2.45, 2.75) is 51.9 Å². The minimum atomic E-state index is -0.957. The highest BCUT2D eigenvalue weighted by atomic mass is 16.6. The topological polar surface area (TPSA) is 304 Å². The van der Waals surface area contributed by atoms with E-state index in [4.69, 9.17) is 29.4 Å². The van der Waals surface area contributed by atoms with Gasteiger partial charge in [-0.05, 0) is 57.2 Å². The molecule has 0 spiro atoms. The first-order valence-electron chi connectivity index (χ1n) is 20.1. The maximum Gasteiger partial charge on any atom is 0.337 e. The lowest BCUT2D eigenvalue weighted by Gasteiger charge is -2.22. The minimum absolute atomic E-state index is 0.00484. The van der Waals surface area contributed by atoms with E-state index in [0.717, 1.165) is 18.8 Å². The summed E-state index contributed by atoms with van der Waals surface area (Å²) in [5.41, 5.74) is 3.77. The molecule has 2 heterocycles. The number of hydrogen-bond donors (Lipinski definition) is 6. The largest absolute Gasteiger partial charge is 0.489 e. The predicted molar refractivity (Wildman–Crippen MR) is 227 cm³/mol. The van der Waals surface area contributed by atoms with Crippen molar-refractivity contribution in [3.05, 3.63) is 97.3 Å². The highest BCUT2D eigenvalue weighted by Gasteiger charge is 2.40. The predicted octanol–water partition coefficient (Wildman–Crippen LogP) is -0.628. The number of nitrogens with two attached hydrogens (primary N) is 1. The zero-order chi connectivity index (χ0) is 47.7. The number of esters is 3. The summed E-state index contributed by atoms with van der Waals surface area (Å²) in [6.45, 7) is 4.07. The maximum atomic E-state index is 12.8. The highest BCUT2D eigenvalue weighted by molar-refractivity contribution is 6.02. The summed E-state index contributed by atoms with van der Waals surface area (Å²) < 4.78 is 38.2. The van der Waals surface area contributed by atoms with Gasteiger partial charge in [-0.25, -0.2) is 14.4 Å². The van der Waals surface area contributed by atoms with E-state index in [0.29, 0.717) is 5.75 Å². The van der Waals surface area contributed by atoms with Crippen LogP contribution in [0.5, 0.6) is 5.75 Å². The van der Waals surface area contributed by atoms with Crippen molar-refractivity contribution in [2.24, 2.45) is 11.1 Å². The summed E-state index contributed by atoms with van der Waals surface area (Å²) >= 11 is 0. The van der Waals surface area contributed by atoms with Gasteiger partial charge in [0.2, 0.25) is 5.91 Å². The van der Waals surface area contributed by atoms with Gasteiger partial charge in [-0.2, -0.15) is 0 Å². The van der Waals surface area contributed by atoms with Crippen molar-refractivity contribution < 1.29 is 67.0 Å². The van der Waals surface area contributed by atoms with Gasteiger partial charge in [0.1, 0.15) is 49.2 Å². The SMILES string of the molecule is COC(=O)c1cc(C(=O)NCCNC(=O)c2cccc(OCC(N)OCCOCC(=O)NCC#Cc3cn([C@H]4C[C@H](OC(=O)C(C)(C)C)[C@@H](CO)O4)c(=O)[nH]c3=O)c2)cc(C(=O)OC)c1. The average Bonchev–Trinajstić information content (AvgIpc) is 3.69. The number of benzene rings is 2. The molecular weight excluding hydrogens is 856 g/mol. The molecule has 2 aromatic carbocycles. The molecule has 22 nitrogen and oxygen atoms in total. The number of nitrogens with one attached hydrogen (secondary N) is 4. The lowest BCUT2D eigenvalue weighted by atomic mass is 9.97. The number of aromatic amines is 1. The molecule has 65 heavy (non-hydrogen) atoms. The summed E-state index contributed by atoms with van der Waals surface area (Å²) in [6.07, 6.45) is -2.32. The van der Waals surface area contributed by atoms with Gasteiger partial charge in [0.15, 0.2) is 0 Å². The van der Waals surface area contributed by atoms with Crippen LogP contribution in [0.4, 0.5) is 0 Å². The molecular formula is C43H52N6O16. The molecule has 1 unspecified atom stereocenters. The quantitative estimate of drug-likeness (QED) is 0.0270. The van der Waals surface area contributed by atoms with Crippen LogP contribution in [-0.2, 0) is 38.0 Å². The number of carbonyl (C=O) groups excluding carboxylic acids is 6. The fraction of sp³-hybridized carbons (Fsp3) is 0.442. The smallest absolute Gasteiger partial charge is 0.337 e. The van der Waals surface area contributed by atoms with E-state index in [-0.39, 0.29) is 80.3 Å². The first-order chi connectivity index (χ1) is 30.9. The molecule has 4 atom stereocenters. The molecule has 4 rings (SSSR count). The molecule has 3 amide bonds. The van der Waals surface area contributed by atoms with Crippen molar-refractivity contribution in [1.29, 1.82) is 0 Å². The van der Waals surface area contributed by atoms with Crippen LogP contribution in [0.1, 0.15) is 80.4 Å². The molecule has 0 aliphatic carbocycles. The number of carbonyl (C=O) groups is 6. The number of aliphatic hydroxyl groups excluding tert-OH is 1. The Balaban J connectivity index is 1.12. The van der Waals surface area contributed by atoms with Crippen LogP contribution >= 0.6 is 0 Å². The zero-order valence-electron chi connectivity index (χ0n) is 36.4. The number of amides is 3. The van der Waals surface area contributed by atoms with Gasteiger partial charge >= 0.3 is 23.6 Å². The standard InChI is InChI=1S/C43H52N6O16/c1-43(2,3)41(57)65-31-20-35(64-32(31)22-50)49-21-26(38(54)48-42(49)58)9-7-11-45-34(51)24-61-14-15-62-33(44)23-63-30-10-6-8-25(19-30)36(52)46-12-13-47-37(53)27-16-28(39(55)59-4)18-29(17-27)40(56)60-5/h6,8,10,16-19,21,31-33,35,50H,11-15,20,22-24,44H2,1-5H3,(H,45,51)(H,46,52)(H,47,53)(H,48,54,58)/t31-,32+,33?,35+/m0/s1. The molecule has 0 saturated carbocycles. The Morgan fingerprint density at radius 2 is 1.57 bits per heavy atom. The van der Waals surface area contributed by atoms with E-state index >= 15 is 0 Å². The lowest BCUT2D eigenvalue weighted by molar-refractivity contribution is -0.162. The first kappa shape index (κ1) is 50.7. The molecule has 1 fully saturated rings. The van der Waals surface area contributed by atoms with Crippen molar-refractivity contribution in [2.75, 3.05) is 66.9 Å². The maximum absolute atomic E-state index is 12.8. The van der Waals surface area contributed by atoms with Gasteiger partial charge in [-0.15, -0.1) is 0 Å². The van der Waals surface area contributed by atoms with Crippen LogP contribution in [0.3, 0.4) is 0 Å². The Hall–Kier alpha value is -6.90. The van der Waals surface area contributed by atoms with Crippen LogP contribution in [0.25, 0.3) is 0 Å². The molecule has 1 saturated heterocycles. The highest BCUT2D eigenvalue weighted by Crippen LogP contribution is 2.31. The van der Waals surface area contributed by atoms with Crippen molar-refractivity contribution in [3.8, 4) is 17.6 Å². The van der Waals surface area contributed by atoms with Gasteiger partial charge in [-0.3, -0.25) is 33.5 Å². The Morgan fingerprint density at radius 3 is 2.20 bits per heavy atom. The normalized spacial score (nSPS) is 16.0. The third-order valence-electron chi connectivity index (χ3n) is 9.14. The van der Waals surface area contributed by atoms with Crippen LogP contribution in [0.15, 0.2) is 58.3 Å². The molecule has 22 heteroatoms. The summed E-state index contributed by atoms with van der Waals surface area (Å²) in [7, 11) is 2.33. The number of nitrogens with zero attached hydrogens (tertiary/aromatic N) is 1. The van der Waals surface area contributed by atoms with Gasteiger partial charge < -0.3 is 59.9 Å². The molecule has 0 radical (unpaired) electrons. The van der Waals surface area contributed by atoms with Crippen molar-refractivity contribution in [3.63, 3.8) is 0 Å². The van der Waals surface area contributed by atoms with E-state index in [9.17, 15) is 43.5 Å². The molecule has 1 aliphatic heterocycles. The summed E-state index contributed by atoms with van der Waals surface area (Å²) in [4.78, 5) is 101. The number of aliphatic hydroxyl groups is 1. The molecule has 1 aromatic heterocycles. The van der Waals surface area contributed by atoms with Crippen molar-refractivity contribution >= 4 is 35.6 Å². The second-order valence-corrected chi connectivity index (χ2v) is 15.1. The minimum Gasteiger partial charge on any atom is -0.489 e. The van der Waals surface area contributed by atoms with Gasteiger partial charge in [-0.1, -0.05) is 17.9 Å². The van der Waals surface area contributed by atoms with E-state index in [1.165, 1.54) is 30.5 Å². The third-order valence-corrected chi connectivity index (χ3v) is 9.14. The number of rotatable bonds is 20. The first-order valence-corrected chi connectivity index (χ1v) is 20.1. The van der Waals surface area contributed by atoms with E-state index < -0.39 is 83.6 Å². The van der Waals surface area contributed by atoms with Crippen molar-refractivity contribution in [1.82, 2.24) is 25.5 Å². The number of hydrogen-bond acceptors (Lipinski definition) is 17. The van der Waals surface area contributed by atoms with E-state index in [2.05, 4.69) is 42.2 Å². The zero-order valence-corrected chi connectivity index (χ0v) is 36.4. The monoisotopic (exact) mass is 908 g/mol. The Labute approximate surface area is 372 Å². The van der Waals surface area contributed by atoms with Crippen LogP contribution < -0.4 is 37.7 Å². The fourth-order valence-corrected chi connectivity index (χ4v) is 5.76. The van der Waals surface area contributed by atoms with Gasteiger partial charge in [0.05, 0.1) is 57.1 Å². The van der Waals surface area contributed by atoms with Gasteiger partial charge in [0, 0.05) is 36.8 Å². The molecule has 3 aromatic rings. The summed E-state index contributed by atoms with van der Waals surface area (Å²) in [5.74, 6) is 1.99.